The minimum atomic E-state index is -0.841. The number of carbonyl (C=O) groups is 2. The average molecular weight is 405 g/mol. The maximum atomic E-state index is 13.4. The predicted molar refractivity (Wildman–Crippen MR) is 105 cm³/mol. The van der Waals surface area contributed by atoms with Gasteiger partial charge in [-0.2, -0.15) is 10.1 Å². The number of ketones is 1. The summed E-state index contributed by atoms with van der Waals surface area (Å²) < 4.78 is 6.32. The molecule has 0 saturated heterocycles. The summed E-state index contributed by atoms with van der Waals surface area (Å²) in [5.74, 6) is -0.910. The van der Waals surface area contributed by atoms with E-state index >= 15 is 0 Å². The third kappa shape index (κ3) is 3.20. The number of nitrogens with zero attached hydrogens (tertiary/aromatic N) is 4. The molecule has 10 heteroatoms. The lowest BCUT2D eigenvalue weighted by Crippen LogP contribution is -2.32. The van der Waals surface area contributed by atoms with Crippen LogP contribution in [0, 0.1) is 10.1 Å². The normalized spacial score (nSPS) is 15.2. The van der Waals surface area contributed by atoms with Crippen molar-refractivity contribution in [2.24, 2.45) is 0 Å². The van der Waals surface area contributed by atoms with Crippen LogP contribution in [-0.4, -0.2) is 38.6 Å². The van der Waals surface area contributed by atoms with E-state index in [4.69, 9.17) is 4.74 Å². The number of Topliss-reactive ketones (excluding diaryl/α,β-unsaturated/α-hetero) is 1. The van der Waals surface area contributed by atoms with Crippen molar-refractivity contribution >= 4 is 23.4 Å². The number of hydrogen-bond donors (Lipinski definition) is 1. The Morgan fingerprint density at radius 3 is 2.47 bits per heavy atom. The zero-order valence-corrected chi connectivity index (χ0v) is 15.7. The topological polar surface area (TPSA) is 129 Å². The highest BCUT2D eigenvalue weighted by Crippen LogP contribution is 2.37. The molecule has 2 aromatic carbocycles. The number of nitro groups is 1. The average Bonchev–Trinajstić information content (AvgIpc) is 3.26. The number of aromatic nitrogens is 3. The quantitative estimate of drug-likeness (QED) is 0.297. The molecule has 1 aliphatic rings. The molecule has 1 atom stereocenters. The van der Waals surface area contributed by atoms with Gasteiger partial charge in [-0.1, -0.05) is 30.3 Å². The Labute approximate surface area is 170 Å². The molecular formula is C20H15N5O5. The molecule has 0 saturated carbocycles. The van der Waals surface area contributed by atoms with Crippen LogP contribution in [0.4, 0.5) is 11.6 Å². The summed E-state index contributed by atoms with van der Waals surface area (Å²) >= 11 is 0. The molecule has 1 unspecified atom stereocenters. The molecule has 0 fully saturated rings. The van der Waals surface area contributed by atoms with Crippen molar-refractivity contribution in [3.05, 3.63) is 93.4 Å². The molecule has 0 bridgehead atoms. The number of allylic oxidation sites excluding steroid dienone is 1. The highest BCUT2D eigenvalue weighted by atomic mass is 16.6. The van der Waals surface area contributed by atoms with Gasteiger partial charge < -0.3 is 10.1 Å². The van der Waals surface area contributed by atoms with Crippen LogP contribution in [0.3, 0.4) is 0 Å². The maximum absolute atomic E-state index is 13.4. The van der Waals surface area contributed by atoms with E-state index < -0.39 is 22.7 Å². The lowest BCUT2D eigenvalue weighted by molar-refractivity contribution is -0.384. The number of benzene rings is 2. The number of rotatable bonds is 5. The van der Waals surface area contributed by atoms with Gasteiger partial charge in [0.05, 0.1) is 17.6 Å². The van der Waals surface area contributed by atoms with E-state index in [1.165, 1.54) is 42.4 Å². The van der Waals surface area contributed by atoms with Crippen LogP contribution >= 0.6 is 0 Å². The number of methoxy groups -OCH3 is 1. The lowest BCUT2D eigenvalue weighted by atomic mass is 9.89. The monoisotopic (exact) mass is 405 g/mol. The second kappa shape index (κ2) is 7.59. The van der Waals surface area contributed by atoms with Gasteiger partial charge in [-0.15, -0.1) is 0 Å². The summed E-state index contributed by atoms with van der Waals surface area (Å²) in [6, 6.07) is 13.3. The molecule has 0 aliphatic carbocycles. The van der Waals surface area contributed by atoms with Crippen LogP contribution in [-0.2, 0) is 9.53 Å². The first-order valence-corrected chi connectivity index (χ1v) is 8.84. The number of nitro benzene ring substituents is 1. The van der Waals surface area contributed by atoms with Gasteiger partial charge in [0, 0.05) is 17.7 Å². The molecule has 0 spiro atoms. The SMILES string of the molecule is COC(=O)C1=C(C(=O)c2ccccc2)C(c2ccc([N+](=O)[O-])cc2)n2ncnc2N1. The summed E-state index contributed by atoms with van der Waals surface area (Å²) in [5, 5.41) is 18.0. The fourth-order valence-electron chi connectivity index (χ4n) is 3.30. The fourth-order valence-corrected chi connectivity index (χ4v) is 3.30. The molecule has 4 rings (SSSR count). The van der Waals surface area contributed by atoms with Gasteiger partial charge in [0.15, 0.2) is 5.78 Å². The maximum Gasteiger partial charge on any atom is 0.355 e. The zero-order valence-electron chi connectivity index (χ0n) is 15.7. The van der Waals surface area contributed by atoms with Gasteiger partial charge in [0.25, 0.3) is 5.69 Å². The summed E-state index contributed by atoms with van der Waals surface area (Å²) in [6.45, 7) is 0. The van der Waals surface area contributed by atoms with Gasteiger partial charge in [-0.3, -0.25) is 14.9 Å². The Balaban J connectivity index is 1.93. The van der Waals surface area contributed by atoms with Gasteiger partial charge in [-0.25, -0.2) is 9.48 Å². The Morgan fingerprint density at radius 1 is 1.13 bits per heavy atom. The Kier molecular flexibility index (Phi) is 4.80. The van der Waals surface area contributed by atoms with E-state index in [1.807, 2.05) is 0 Å². The van der Waals surface area contributed by atoms with Gasteiger partial charge in [0.1, 0.15) is 18.1 Å². The van der Waals surface area contributed by atoms with E-state index in [-0.39, 0.29) is 22.9 Å². The minimum absolute atomic E-state index is 0.0600. The third-order valence-electron chi connectivity index (χ3n) is 4.69. The Bertz CT molecular complexity index is 1170. The van der Waals surface area contributed by atoms with Crippen LogP contribution < -0.4 is 5.32 Å². The smallest absolute Gasteiger partial charge is 0.355 e. The number of fused-ring (bicyclic) bond motifs is 1. The molecule has 1 N–H and O–H groups in total. The van der Waals surface area contributed by atoms with Crippen LogP contribution in [0.15, 0.2) is 72.2 Å². The van der Waals surface area contributed by atoms with Crippen molar-refractivity contribution in [1.82, 2.24) is 14.8 Å². The molecule has 2 heterocycles. The Morgan fingerprint density at radius 2 is 1.83 bits per heavy atom. The van der Waals surface area contributed by atoms with Crippen molar-refractivity contribution < 1.29 is 19.2 Å². The number of ether oxygens (including phenoxy) is 1. The standard InChI is InChI=1S/C20H15N5O5/c1-30-19(27)16-15(18(26)13-5-3-2-4-6-13)17(24-20(23-16)21-11-22-24)12-7-9-14(10-8-12)25(28)29/h2-11,17H,1H3,(H,21,22,23). The number of non-ortho nitro benzene ring substituents is 1. The molecule has 10 nitrogen and oxygen atoms in total. The second-order valence-electron chi connectivity index (χ2n) is 6.38. The summed E-state index contributed by atoms with van der Waals surface area (Å²) in [5.41, 5.74) is 0.829. The molecule has 0 radical (unpaired) electrons. The van der Waals surface area contributed by atoms with Gasteiger partial charge in [-0.05, 0) is 17.7 Å². The van der Waals surface area contributed by atoms with Crippen molar-refractivity contribution in [3.63, 3.8) is 0 Å². The van der Waals surface area contributed by atoms with Crippen molar-refractivity contribution in [2.75, 3.05) is 12.4 Å². The number of hydrogen-bond acceptors (Lipinski definition) is 8. The summed E-state index contributed by atoms with van der Waals surface area (Å²) in [6.07, 6.45) is 1.28. The minimum Gasteiger partial charge on any atom is -0.464 e. The van der Waals surface area contributed by atoms with Crippen molar-refractivity contribution in [1.29, 1.82) is 0 Å². The number of anilines is 1. The molecule has 1 aliphatic heterocycles. The van der Waals surface area contributed by atoms with Crippen molar-refractivity contribution in [2.45, 2.75) is 6.04 Å². The van der Waals surface area contributed by atoms with Crippen LogP contribution in [0.5, 0.6) is 0 Å². The highest BCUT2D eigenvalue weighted by molar-refractivity contribution is 6.14. The number of nitrogens with one attached hydrogen (secondary N) is 1. The summed E-state index contributed by atoms with van der Waals surface area (Å²) in [7, 11) is 1.21. The summed E-state index contributed by atoms with van der Waals surface area (Å²) in [4.78, 5) is 40.6. The van der Waals surface area contributed by atoms with Crippen LogP contribution in [0.1, 0.15) is 22.0 Å². The molecular weight excluding hydrogens is 390 g/mol. The fraction of sp³-hybridized carbons (Fsp3) is 0.100. The first-order chi connectivity index (χ1) is 14.5. The lowest BCUT2D eigenvalue weighted by Gasteiger charge is -2.28. The molecule has 3 aromatic rings. The van der Waals surface area contributed by atoms with E-state index in [2.05, 4.69) is 15.4 Å². The predicted octanol–water partition coefficient (Wildman–Crippen LogP) is 2.51. The highest BCUT2D eigenvalue weighted by Gasteiger charge is 2.38. The van der Waals surface area contributed by atoms with Crippen LogP contribution in [0.2, 0.25) is 0 Å². The zero-order chi connectivity index (χ0) is 21.3. The number of esters is 1. The van der Waals surface area contributed by atoms with Crippen molar-refractivity contribution in [3.8, 4) is 0 Å². The molecule has 0 amide bonds. The van der Waals surface area contributed by atoms with E-state index in [0.717, 1.165) is 0 Å². The Hall–Kier alpha value is -4.34. The largest absolute Gasteiger partial charge is 0.464 e. The molecule has 1 aromatic heterocycles. The number of carbonyl (C=O) groups excluding carboxylic acids is 2. The third-order valence-corrected chi connectivity index (χ3v) is 4.69. The van der Waals surface area contributed by atoms with Gasteiger partial charge in [0.2, 0.25) is 5.95 Å². The van der Waals surface area contributed by atoms with Crippen LogP contribution in [0.25, 0.3) is 0 Å². The van der Waals surface area contributed by atoms with Gasteiger partial charge >= 0.3 is 5.97 Å². The molecule has 30 heavy (non-hydrogen) atoms. The molecule has 150 valence electrons. The first-order valence-electron chi connectivity index (χ1n) is 8.84. The first kappa shape index (κ1) is 19.0. The van der Waals surface area contributed by atoms with E-state index in [0.29, 0.717) is 11.1 Å². The van der Waals surface area contributed by atoms with E-state index in [1.54, 1.807) is 30.3 Å². The van der Waals surface area contributed by atoms with E-state index in [9.17, 15) is 19.7 Å². The second-order valence-corrected chi connectivity index (χ2v) is 6.38.